The summed E-state index contributed by atoms with van der Waals surface area (Å²) < 4.78 is 7.73. The van der Waals surface area contributed by atoms with Gasteiger partial charge in [-0.1, -0.05) is 6.07 Å². The number of aliphatic hydroxyl groups excluding tert-OH is 1. The zero-order chi connectivity index (χ0) is 25.9. The number of nitrogens with zero attached hydrogens (tertiary/aromatic N) is 6. The highest BCUT2D eigenvalue weighted by atomic mass is 16.5. The Labute approximate surface area is 223 Å². The molecule has 3 aliphatic carbocycles. The van der Waals surface area contributed by atoms with E-state index in [1.54, 1.807) is 7.11 Å². The average Bonchev–Trinajstić information content (AvgIpc) is 3.72. The molecule has 0 amide bonds. The van der Waals surface area contributed by atoms with Crippen molar-refractivity contribution >= 4 is 16.6 Å². The first-order valence-electron chi connectivity index (χ1n) is 14.1. The van der Waals surface area contributed by atoms with Gasteiger partial charge in [0.1, 0.15) is 17.9 Å². The van der Waals surface area contributed by atoms with Gasteiger partial charge in [-0.15, -0.1) is 0 Å². The Morgan fingerprint density at radius 1 is 1.16 bits per heavy atom. The van der Waals surface area contributed by atoms with E-state index in [1.165, 1.54) is 30.3 Å². The molecule has 8 heteroatoms. The predicted molar refractivity (Wildman–Crippen MR) is 145 cm³/mol. The molecule has 1 N–H and O–H groups in total. The lowest BCUT2D eigenvalue weighted by Gasteiger charge is -2.39. The highest BCUT2D eigenvalue weighted by Gasteiger charge is 2.87. The first kappa shape index (κ1) is 24.1. The fourth-order valence-corrected chi connectivity index (χ4v) is 7.96. The standard InChI is InChI=1S/C30H36N6O2/c1-38-28(7-12-31)35-17-15-34(16-18-35)23-3-2-4-24-22(23)9-14-36(24)27-8-13-32-26(33-27)20-30-19-25(30)29(30)10-5-21(37)6-11-29/h2-4,8-9,13-14,21,25,28,37H,5-7,10-11,15-20H2,1H3. The Kier molecular flexibility index (Phi) is 5.73. The number of hydrogen-bond acceptors (Lipinski definition) is 7. The maximum Gasteiger partial charge on any atom is 0.140 e. The van der Waals surface area contributed by atoms with E-state index in [9.17, 15) is 5.11 Å². The number of fused-ring (bicyclic) bond motifs is 4. The maximum absolute atomic E-state index is 9.99. The second kappa shape index (κ2) is 9.04. The molecule has 2 aromatic heterocycles. The second-order valence-corrected chi connectivity index (χ2v) is 11.8. The van der Waals surface area contributed by atoms with Crippen LogP contribution in [0.1, 0.15) is 44.3 Å². The third-order valence-corrected chi connectivity index (χ3v) is 10.2. The second-order valence-electron chi connectivity index (χ2n) is 11.8. The van der Waals surface area contributed by atoms with Gasteiger partial charge >= 0.3 is 0 Å². The van der Waals surface area contributed by atoms with Crippen LogP contribution in [0.3, 0.4) is 0 Å². The van der Waals surface area contributed by atoms with E-state index in [1.807, 2.05) is 12.3 Å². The predicted octanol–water partition coefficient (Wildman–Crippen LogP) is 3.91. The Morgan fingerprint density at radius 2 is 1.97 bits per heavy atom. The van der Waals surface area contributed by atoms with Crippen LogP contribution in [-0.4, -0.2) is 70.2 Å². The number of methoxy groups -OCH3 is 1. The third kappa shape index (κ3) is 3.67. The molecule has 7 rings (SSSR count). The minimum absolute atomic E-state index is 0.0983. The average molecular weight is 513 g/mol. The van der Waals surface area contributed by atoms with Gasteiger partial charge in [-0.25, -0.2) is 9.97 Å². The first-order valence-corrected chi connectivity index (χ1v) is 14.1. The lowest BCUT2D eigenvalue weighted by atomic mass is 9.73. The van der Waals surface area contributed by atoms with Crippen molar-refractivity contribution in [2.75, 3.05) is 38.2 Å². The summed E-state index contributed by atoms with van der Waals surface area (Å²) >= 11 is 0. The van der Waals surface area contributed by atoms with E-state index in [4.69, 9.17) is 15.0 Å². The van der Waals surface area contributed by atoms with E-state index in [0.29, 0.717) is 17.3 Å². The molecule has 4 fully saturated rings. The molecule has 3 heterocycles. The smallest absolute Gasteiger partial charge is 0.140 e. The number of anilines is 1. The summed E-state index contributed by atoms with van der Waals surface area (Å²) in [5.74, 6) is 2.70. The number of aromatic nitrogens is 3. The molecule has 3 aromatic rings. The van der Waals surface area contributed by atoms with Crippen LogP contribution < -0.4 is 4.90 Å². The molecule has 1 saturated heterocycles. The van der Waals surface area contributed by atoms with E-state index < -0.39 is 0 Å². The normalized spacial score (nSPS) is 31.2. The van der Waals surface area contributed by atoms with Crippen LogP contribution in [0.15, 0.2) is 42.7 Å². The van der Waals surface area contributed by atoms with Gasteiger partial charge < -0.3 is 19.3 Å². The lowest BCUT2D eigenvalue weighted by Crippen LogP contribution is -2.51. The van der Waals surface area contributed by atoms with Crippen LogP contribution >= 0.6 is 0 Å². The van der Waals surface area contributed by atoms with Gasteiger partial charge in [0.25, 0.3) is 0 Å². The molecule has 198 valence electrons. The van der Waals surface area contributed by atoms with Gasteiger partial charge in [-0.2, -0.15) is 5.26 Å². The van der Waals surface area contributed by atoms with Crippen molar-refractivity contribution in [3.63, 3.8) is 0 Å². The highest BCUT2D eigenvalue weighted by Crippen LogP contribution is 2.92. The monoisotopic (exact) mass is 512 g/mol. The Morgan fingerprint density at radius 3 is 2.71 bits per heavy atom. The van der Waals surface area contributed by atoms with E-state index in [2.05, 4.69) is 55.9 Å². The Balaban J connectivity index is 1.09. The molecular weight excluding hydrogens is 476 g/mol. The Bertz CT molecular complexity index is 1380. The molecule has 8 nitrogen and oxygen atoms in total. The third-order valence-electron chi connectivity index (χ3n) is 10.2. The summed E-state index contributed by atoms with van der Waals surface area (Å²) in [6, 6.07) is 13.0. The van der Waals surface area contributed by atoms with Gasteiger partial charge in [0.15, 0.2) is 0 Å². The highest BCUT2D eigenvalue weighted by molar-refractivity contribution is 5.93. The van der Waals surface area contributed by atoms with Crippen molar-refractivity contribution in [3.8, 4) is 11.9 Å². The van der Waals surface area contributed by atoms with Crippen molar-refractivity contribution in [2.24, 2.45) is 16.7 Å². The van der Waals surface area contributed by atoms with Gasteiger partial charge in [-0.05, 0) is 73.1 Å². The molecule has 1 aromatic carbocycles. The summed E-state index contributed by atoms with van der Waals surface area (Å²) in [5, 5.41) is 20.3. The number of benzene rings is 1. The summed E-state index contributed by atoms with van der Waals surface area (Å²) in [7, 11) is 1.68. The van der Waals surface area contributed by atoms with Crippen molar-refractivity contribution in [2.45, 2.75) is 57.3 Å². The van der Waals surface area contributed by atoms with Crippen LogP contribution in [0.5, 0.6) is 0 Å². The lowest BCUT2D eigenvalue weighted by molar-refractivity contribution is -0.0311. The molecular formula is C30H36N6O2. The number of rotatable bonds is 7. The maximum atomic E-state index is 9.99. The quantitative estimate of drug-likeness (QED) is 0.513. The van der Waals surface area contributed by atoms with Crippen LogP contribution in [0, 0.1) is 28.1 Å². The minimum atomic E-state index is -0.133. The Hall–Kier alpha value is -2.99. The number of ether oxygens (including phenoxy) is 1. The fraction of sp³-hybridized carbons (Fsp3) is 0.567. The molecule has 1 aliphatic heterocycles. The number of piperazine rings is 1. The number of aliphatic hydroxyl groups is 1. The summed E-state index contributed by atoms with van der Waals surface area (Å²) in [6.45, 7) is 3.54. The van der Waals surface area contributed by atoms with Gasteiger partial charge in [-0.3, -0.25) is 4.90 Å². The van der Waals surface area contributed by atoms with Gasteiger partial charge in [0, 0.05) is 63.2 Å². The van der Waals surface area contributed by atoms with Crippen LogP contribution in [0.25, 0.3) is 16.7 Å². The van der Waals surface area contributed by atoms with E-state index in [0.717, 1.165) is 68.5 Å². The summed E-state index contributed by atoms with van der Waals surface area (Å²) in [5.41, 5.74) is 3.25. The van der Waals surface area contributed by atoms with Crippen molar-refractivity contribution in [1.82, 2.24) is 19.4 Å². The minimum Gasteiger partial charge on any atom is -0.393 e. The molecule has 0 radical (unpaired) electrons. The molecule has 4 aliphatic rings. The molecule has 3 atom stereocenters. The van der Waals surface area contributed by atoms with Crippen molar-refractivity contribution in [3.05, 3.63) is 48.5 Å². The topological polar surface area (TPSA) is 90.4 Å². The number of nitriles is 1. The van der Waals surface area contributed by atoms with Crippen LogP contribution in [0.4, 0.5) is 5.69 Å². The summed E-state index contributed by atoms with van der Waals surface area (Å²) in [6.07, 6.45) is 10.7. The van der Waals surface area contributed by atoms with Gasteiger partial charge in [0.05, 0.1) is 24.1 Å². The van der Waals surface area contributed by atoms with E-state index in [-0.39, 0.29) is 12.3 Å². The summed E-state index contributed by atoms with van der Waals surface area (Å²) in [4.78, 5) is 14.4. The zero-order valence-corrected chi connectivity index (χ0v) is 22.1. The van der Waals surface area contributed by atoms with Crippen LogP contribution in [0.2, 0.25) is 0 Å². The number of hydrogen-bond donors (Lipinski definition) is 1. The first-order chi connectivity index (χ1) is 18.6. The largest absolute Gasteiger partial charge is 0.393 e. The molecule has 38 heavy (non-hydrogen) atoms. The van der Waals surface area contributed by atoms with E-state index >= 15 is 0 Å². The van der Waals surface area contributed by atoms with Crippen molar-refractivity contribution in [1.29, 1.82) is 5.26 Å². The molecule has 1 spiro atoms. The van der Waals surface area contributed by atoms with Crippen molar-refractivity contribution < 1.29 is 9.84 Å². The van der Waals surface area contributed by atoms with Gasteiger partial charge in [0.2, 0.25) is 0 Å². The molecule has 3 saturated carbocycles. The zero-order valence-electron chi connectivity index (χ0n) is 22.1. The van der Waals surface area contributed by atoms with Crippen LogP contribution in [-0.2, 0) is 11.2 Å². The molecule has 0 bridgehead atoms. The molecule has 3 unspecified atom stereocenters. The SMILES string of the molecule is COC(CC#N)N1CCN(c2cccc3c2ccn3-c2ccnc(CC34CC3C43CCC(O)CC3)n2)CC1. The fourth-order valence-electron chi connectivity index (χ4n) is 7.96.